The molecule has 0 aromatic heterocycles. The van der Waals surface area contributed by atoms with Crippen molar-refractivity contribution < 1.29 is 5.11 Å². The van der Waals surface area contributed by atoms with Crippen molar-refractivity contribution in [2.75, 3.05) is 10.9 Å². The van der Waals surface area contributed by atoms with Crippen LogP contribution < -0.4 is 4.31 Å². The van der Waals surface area contributed by atoms with Crippen LogP contribution in [0.25, 0.3) is 10.8 Å². The lowest BCUT2D eigenvalue weighted by Gasteiger charge is -2.25. The molecule has 0 spiro atoms. The molecule has 1 atom stereocenters. The average Bonchev–Trinajstić information content (AvgIpc) is 2.72. The van der Waals surface area contributed by atoms with E-state index in [9.17, 15) is 0 Å². The first kappa shape index (κ1) is 10.9. The van der Waals surface area contributed by atoms with Crippen molar-refractivity contribution in [1.82, 2.24) is 0 Å². The first-order valence-electron chi connectivity index (χ1n) is 5.91. The molecular formula is C14H15NOS. The Balaban J connectivity index is 2.09. The summed E-state index contributed by atoms with van der Waals surface area (Å²) in [5.41, 5.74) is 1.28. The normalized spacial score (nSPS) is 15.5. The van der Waals surface area contributed by atoms with Gasteiger partial charge in [0.25, 0.3) is 0 Å². The maximum atomic E-state index is 9.07. The molecule has 2 nitrogen and oxygen atoms in total. The number of benzene rings is 2. The van der Waals surface area contributed by atoms with E-state index in [4.69, 9.17) is 5.11 Å². The summed E-state index contributed by atoms with van der Waals surface area (Å²) in [6, 6.07) is 13.2. The quantitative estimate of drug-likeness (QED) is 0.838. The van der Waals surface area contributed by atoms with Crippen molar-refractivity contribution in [3.63, 3.8) is 0 Å². The highest BCUT2D eigenvalue weighted by Gasteiger charge is 2.25. The number of aliphatic hydroxyl groups is 1. The van der Waals surface area contributed by atoms with E-state index < -0.39 is 0 Å². The topological polar surface area (TPSA) is 23.5 Å². The summed E-state index contributed by atoms with van der Waals surface area (Å²) in [6.45, 7) is 2.40. The Morgan fingerprint density at radius 2 is 2.00 bits per heavy atom. The second-order valence-electron chi connectivity index (χ2n) is 4.41. The van der Waals surface area contributed by atoms with Crippen molar-refractivity contribution in [2.45, 2.75) is 24.3 Å². The molecule has 0 amide bonds. The summed E-state index contributed by atoms with van der Waals surface area (Å²) in [5, 5.41) is 11.7. The van der Waals surface area contributed by atoms with Gasteiger partial charge in [-0.3, -0.25) is 0 Å². The Morgan fingerprint density at radius 3 is 2.76 bits per heavy atom. The SMILES string of the molecule is CC(CCO)N1Sc2cccc3cccc1c23. The van der Waals surface area contributed by atoms with Gasteiger partial charge in [-0.2, -0.15) is 0 Å². The molecular weight excluding hydrogens is 230 g/mol. The molecule has 1 aliphatic heterocycles. The summed E-state index contributed by atoms with van der Waals surface area (Å²) in [6.07, 6.45) is 0.803. The highest BCUT2D eigenvalue weighted by molar-refractivity contribution is 8.01. The predicted octanol–water partition coefficient (Wildman–Crippen LogP) is 3.44. The monoisotopic (exact) mass is 245 g/mol. The fourth-order valence-electron chi connectivity index (χ4n) is 2.33. The molecule has 1 heterocycles. The predicted molar refractivity (Wildman–Crippen MR) is 73.4 cm³/mol. The number of aliphatic hydroxyl groups excluding tert-OH is 1. The maximum Gasteiger partial charge on any atom is 0.0566 e. The minimum Gasteiger partial charge on any atom is -0.396 e. The average molecular weight is 245 g/mol. The van der Waals surface area contributed by atoms with Crippen LogP contribution in [-0.2, 0) is 0 Å². The lowest BCUT2D eigenvalue weighted by atomic mass is 10.1. The Bertz CT molecular complexity index is 550. The zero-order valence-corrected chi connectivity index (χ0v) is 10.6. The molecule has 0 radical (unpaired) electrons. The third-order valence-corrected chi connectivity index (χ3v) is 4.52. The van der Waals surface area contributed by atoms with Crippen LogP contribution in [0.5, 0.6) is 0 Å². The molecule has 0 saturated carbocycles. The van der Waals surface area contributed by atoms with Crippen LogP contribution in [0, 0.1) is 0 Å². The number of hydrogen-bond acceptors (Lipinski definition) is 3. The van der Waals surface area contributed by atoms with Crippen molar-refractivity contribution in [2.24, 2.45) is 0 Å². The second-order valence-corrected chi connectivity index (χ2v) is 5.43. The molecule has 3 heteroatoms. The van der Waals surface area contributed by atoms with Gasteiger partial charge < -0.3 is 9.41 Å². The van der Waals surface area contributed by atoms with E-state index in [0.29, 0.717) is 6.04 Å². The first-order chi connectivity index (χ1) is 8.31. The molecule has 0 fully saturated rings. The molecule has 2 aromatic carbocycles. The van der Waals surface area contributed by atoms with Crippen LogP contribution in [0.15, 0.2) is 41.3 Å². The van der Waals surface area contributed by atoms with Crippen molar-refractivity contribution in [1.29, 1.82) is 0 Å². The van der Waals surface area contributed by atoms with Crippen molar-refractivity contribution in [3.05, 3.63) is 36.4 Å². The molecule has 1 N–H and O–H groups in total. The minimum atomic E-state index is 0.241. The van der Waals surface area contributed by atoms with Crippen LogP contribution in [0.4, 0.5) is 5.69 Å². The first-order valence-corrected chi connectivity index (χ1v) is 6.68. The molecule has 17 heavy (non-hydrogen) atoms. The Labute approximate surface area is 105 Å². The highest BCUT2D eigenvalue weighted by Crippen LogP contribution is 2.47. The molecule has 2 aromatic rings. The fourth-order valence-corrected chi connectivity index (χ4v) is 3.53. The Hall–Kier alpha value is -1.19. The van der Waals surface area contributed by atoms with E-state index >= 15 is 0 Å². The van der Waals surface area contributed by atoms with Gasteiger partial charge in [-0.1, -0.05) is 24.3 Å². The molecule has 0 aliphatic carbocycles. The molecule has 1 aliphatic rings. The third-order valence-electron chi connectivity index (χ3n) is 3.23. The van der Waals surface area contributed by atoms with E-state index in [0.717, 1.165) is 6.42 Å². The summed E-state index contributed by atoms with van der Waals surface area (Å²) in [7, 11) is 0. The van der Waals surface area contributed by atoms with Crippen molar-refractivity contribution in [3.8, 4) is 0 Å². The van der Waals surface area contributed by atoms with Crippen LogP contribution in [0.1, 0.15) is 13.3 Å². The van der Waals surface area contributed by atoms with Crippen LogP contribution >= 0.6 is 11.9 Å². The summed E-state index contributed by atoms with van der Waals surface area (Å²) in [5.74, 6) is 0. The van der Waals surface area contributed by atoms with Gasteiger partial charge in [0, 0.05) is 22.9 Å². The summed E-state index contributed by atoms with van der Waals surface area (Å²) >= 11 is 1.78. The van der Waals surface area contributed by atoms with E-state index in [1.54, 1.807) is 11.9 Å². The summed E-state index contributed by atoms with van der Waals surface area (Å²) < 4.78 is 2.31. The van der Waals surface area contributed by atoms with Gasteiger partial charge in [-0.25, -0.2) is 0 Å². The maximum absolute atomic E-state index is 9.07. The van der Waals surface area contributed by atoms with Gasteiger partial charge in [0.2, 0.25) is 0 Å². The van der Waals surface area contributed by atoms with E-state index in [1.807, 2.05) is 0 Å². The van der Waals surface area contributed by atoms with E-state index in [1.165, 1.54) is 21.4 Å². The van der Waals surface area contributed by atoms with Gasteiger partial charge in [0.15, 0.2) is 0 Å². The smallest absolute Gasteiger partial charge is 0.0566 e. The third kappa shape index (κ3) is 1.70. The highest BCUT2D eigenvalue weighted by atomic mass is 32.2. The lowest BCUT2D eigenvalue weighted by molar-refractivity contribution is 0.280. The second kappa shape index (κ2) is 4.24. The van der Waals surface area contributed by atoms with Crippen LogP contribution in [-0.4, -0.2) is 17.8 Å². The Morgan fingerprint density at radius 1 is 1.24 bits per heavy atom. The van der Waals surface area contributed by atoms with Gasteiger partial charge in [-0.05, 0) is 42.8 Å². The molecule has 88 valence electrons. The number of anilines is 1. The summed E-state index contributed by atoms with van der Waals surface area (Å²) in [4.78, 5) is 1.32. The van der Waals surface area contributed by atoms with Gasteiger partial charge in [0.1, 0.15) is 0 Å². The van der Waals surface area contributed by atoms with Gasteiger partial charge in [-0.15, -0.1) is 0 Å². The number of hydrogen-bond donors (Lipinski definition) is 1. The standard InChI is InChI=1S/C14H15NOS/c1-10(8-9-16)15-12-6-2-4-11-5-3-7-13(17-15)14(11)12/h2-7,10,16H,8-9H2,1H3. The van der Waals surface area contributed by atoms with Crippen molar-refractivity contribution >= 4 is 28.4 Å². The lowest BCUT2D eigenvalue weighted by Crippen LogP contribution is -2.25. The zero-order valence-electron chi connectivity index (χ0n) is 9.76. The molecule has 1 unspecified atom stereocenters. The molecule has 0 saturated heterocycles. The Kier molecular flexibility index (Phi) is 2.73. The van der Waals surface area contributed by atoms with Gasteiger partial charge >= 0.3 is 0 Å². The minimum absolute atomic E-state index is 0.241. The van der Waals surface area contributed by atoms with Gasteiger partial charge in [0.05, 0.1) is 5.69 Å². The van der Waals surface area contributed by atoms with E-state index in [2.05, 4.69) is 47.6 Å². The molecule has 3 rings (SSSR count). The fraction of sp³-hybridized carbons (Fsp3) is 0.286. The zero-order chi connectivity index (χ0) is 11.8. The van der Waals surface area contributed by atoms with Crippen LogP contribution in [0.2, 0.25) is 0 Å². The largest absolute Gasteiger partial charge is 0.396 e. The van der Waals surface area contributed by atoms with E-state index in [-0.39, 0.29) is 6.61 Å². The molecule has 0 bridgehead atoms. The number of nitrogens with zero attached hydrogens (tertiary/aromatic N) is 1. The number of rotatable bonds is 3. The van der Waals surface area contributed by atoms with Crippen LogP contribution in [0.3, 0.4) is 0 Å².